The normalized spacial score (nSPS) is 17.3. The van der Waals surface area contributed by atoms with Crippen LogP contribution in [0.25, 0.3) is 0 Å². The van der Waals surface area contributed by atoms with Gasteiger partial charge in [0.15, 0.2) is 10.8 Å². The van der Waals surface area contributed by atoms with Crippen molar-refractivity contribution in [3.05, 3.63) is 59.1 Å². The number of nitrogens with one attached hydrogen (secondary N) is 1. The number of anilines is 3. The summed E-state index contributed by atoms with van der Waals surface area (Å²) in [6, 6.07) is 12.0. The van der Waals surface area contributed by atoms with Gasteiger partial charge in [0, 0.05) is 25.6 Å². The van der Waals surface area contributed by atoms with Crippen LogP contribution < -0.4 is 10.2 Å². The molecular formula is C27H29N3O6S2. The summed E-state index contributed by atoms with van der Waals surface area (Å²) in [5.74, 6) is -1.07. The third kappa shape index (κ3) is 5.05. The lowest BCUT2D eigenvalue weighted by Gasteiger charge is -2.31. The molecule has 2 aliphatic rings. The van der Waals surface area contributed by atoms with Crippen LogP contribution in [0.15, 0.2) is 57.6 Å². The maximum Gasteiger partial charge on any atom is 0.357 e. The summed E-state index contributed by atoms with van der Waals surface area (Å²) in [7, 11) is -1.86. The first kappa shape index (κ1) is 26.3. The van der Waals surface area contributed by atoms with Crippen LogP contribution in [-0.4, -0.2) is 52.1 Å². The highest BCUT2D eigenvalue weighted by atomic mass is 32.2. The van der Waals surface area contributed by atoms with Crippen molar-refractivity contribution in [1.29, 1.82) is 0 Å². The highest BCUT2D eigenvalue weighted by Crippen LogP contribution is 2.44. The monoisotopic (exact) mass is 555 g/mol. The number of sulfone groups is 1. The molecule has 9 nitrogen and oxygen atoms in total. The zero-order chi connectivity index (χ0) is 26.9. The van der Waals surface area contributed by atoms with Gasteiger partial charge in [-0.2, -0.15) is 0 Å². The van der Waals surface area contributed by atoms with Crippen LogP contribution in [0.3, 0.4) is 0 Å². The fourth-order valence-corrected chi connectivity index (χ4v) is 7.36. The molecule has 1 atom stereocenters. The van der Waals surface area contributed by atoms with Crippen molar-refractivity contribution < 1.29 is 27.5 Å². The molecule has 11 heteroatoms. The Labute approximate surface area is 225 Å². The number of thiazole rings is 1. The number of amides is 1. The first-order chi connectivity index (χ1) is 18.3. The first-order valence-corrected chi connectivity index (χ1v) is 14.9. The standard InChI is InChI=1S/C27H29N3O6S2/c1-3-36-26(32)20-16-37-27(28-20)29-25(31)19(14-17-10-12-35-13-11-17)18-8-9-24-22(15-18)30(2)21-6-4-5-7-23(21)38(24,33)34/h4-9,15-17,19H,3,10-14H2,1-2H3,(H,28,29,31). The predicted octanol–water partition coefficient (Wildman–Crippen LogP) is 4.77. The van der Waals surface area contributed by atoms with Crippen molar-refractivity contribution in [2.24, 2.45) is 5.92 Å². The fraction of sp³-hybridized carbons (Fsp3) is 0.370. The van der Waals surface area contributed by atoms with E-state index in [1.54, 1.807) is 54.8 Å². The summed E-state index contributed by atoms with van der Waals surface area (Å²) in [5, 5.41) is 4.73. The van der Waals surface area contributed by atoms with E-state index in [4.69, 9.17) is 9.47 Å². The van der Waals surface area contributed by atoms with Gasteiger partial charge in [0.05, 0.1) is 33.7 Å². The lowest BCUT2D eigenvalue weighted by atomic mass is 9.84. The van der Waals surface area contributed by atoms with E-state index in [2.05, 4.69) is 10.3 Å². The van der Waals surface area contributed by atoms with Crippen LogP contribution in [-0.2, 0) is 24.1 Å². The zero-order valence-corrected chi connectivity index (χ0v) is 22.8. The molecular weight excluding hydrogens is 526 g/mol. The fourth-order valence-electron chi connectivity index (χ4n) is 4.98. The van der Waals surface area contributed by atoms with Crippen molar-refractivity contribution in [3.63, 3.8) is 0 Å². The summed E-state index contributed by atoms with van der Waals surface area (Å²) in [5.41, 5.74) is 1.99. The topological polar surface area (TPSA) is 115 Å². The van der Waals surface area contributed by atoms with Gasteiger partial charge in [-0.15, -0.1) is 11.3 Å². The second kappa shape index (κ2) is 10.8. The van der Waals surface area contributed by atoms with Crippen molar-refractivity contribution >= 4 is 49.6 Å². The van der Waals surface area contributed by atoms with Crippen molar-refractivity contribution in [2.45, 2.75) is 41.9 Å². The van der Waals surface area contributed by atoms with Gasteiger partial charge < -0.3 is 19.7 Å². The Morgan fingerprint density at radius 1 is 1.16 bits per heavy atom. The quantitative estimate of drug-likeness (QED) is 0.415. The molecule has 3 heterocycles. The van der Waals surface area contributed by atoms with E-state index in [1.807, 2.05) is 11.9 Å². The molecule has 1 amide bonds. The summed E-state index contributed by atoms with van der Waals surface area (Å²) in [6.07, 6.45) is 2.28. The zero-order valence-electron chi connectivity index (χ0n) is 21.2. The Hall–Kier alpha value is -3.28. The van der Waals surface area contributed by atoms with Crippen molar-refractivity contribution in [2.75, 3.05) is 37.1 Å². The van der Waals surface area contributed by atoms with E-state index in [0.29, 0.717) is 36.1 Å². The number of benzene rings is 2. The molecule has 1 aromatic heterocycles. The molecule has 1 N–H and O–H groups in total. The largest absolute Gasteiger partial charge is 0.461 e. The Morgan fingerprint density at radius 3 is 2.66 bits per heavy atom. The lowest BCUT2D eigenvalue weighted by Crippen LogP contribution is -2.27. The van der Waals surface area contributed by atoms with Crippen LogP contribution in [0.1, 0.15) is 48.2 Å². The number of carbonyl (C=O) groups is 2. The van der Waals surface area contributed by atoms with E-state index in [0.717, 1.165) is 29.7 Å². The average molecular weight is 556 g/mol. The van der Waals surface area contributed by atoms with Crippen LogP contribution >= 0.6 is 11.3 Å². The second-order valence-electron chi connectivity index (χ2n) is 9.35. The molecule has 0 aliphatic carbocycles. The van der Waals surface area contributed by atoms with Gasteiger partial charge in [0.2, 0.25) is 15.7 Å². The molecule has 38 heavy (non-hydrogen) atoms. The van der Waals surface area contributed by atoms with Gasteiger partial charge in [-0.25, -0.2) is 18.2 Å². The Bertz CT molecular complexity index is 1460. The van der Waals surface area contributed by atoms with E-state index < -0.39 is 21.7 Å². The number of fused-ring (bicyclic) bond motifs is 2. The second-order valence-corrected chi connectivity index (χ2v) is 12.1. The highest BCUT2D eigenvalue weighted by Gasteiger charge is 2.34. The van der Waals surface area contributed by atoms with Crippen molar-refractivity contribution in [3.8, 4) is 0 Å². The van der Waals surface area contributed by atoms with Gasteiger partial charge in [0.1, 0.15) is 0 Å². The molecule has 200 valence electrons. The van der Waals surface area contributed by atoms with Crippen LogP contribution in [0, 0.1) is 5.92 Å². The van der Waals surface area contributed by atoms with E-state index in [1.165, 1.54) is 0 Å². The lowest BCUT2D eigenvalue weighted by molar-refractivity contribution is -0.118. The number of para-hydroxylation sites is 1. The summed E-state index contributed by atoms with van der Waals surface area (Å²) in [6.45, 7) is 3.25. The summed E-state index contributed by atoms with van der Waals surface area (Å²) in [4.78, 5) is 32.2. The molecule has 0 bridgehead atoms. The molecule has 0 saturated carbocycles. The molecule has 1 fully saturated rings. The minimum absolute atomic E-state index is 0.146. The number of aromatic nitrogens is 1. The Balaban J connectivity index is 1.48. The maximum absolute atomic E-state index is 13.6. The van der Waals surface area contributed by atoms with Gasteiger partial charge >= 0.3 is 5.97 Å². The van der Waals surface area contributed by atoms with Gasteiger partial charge in [-0.1, -0.05) is 18.2 Å². The van der Waals surface area contributed by atoms with Gasteiger partial charge in [0.25, 0.3) is 0 Å². The highest BCUT2D eigenvalue weighted by molar-refractivity contribution is 7.92. The molecule has 2 aliphatic heterocycles. The average Bonchev–Trinajstić information content (AvgIpc) is 3.39. The minimum Gasteiger partial charge on any atom is -0.461 e. The molecule has 1 unspecified atom stereocenters. The SMILES string of the molecule is CCOC(=O)c1csc(NC(=O)C(CC2CCOCC2)c2ccc3c(c2)N(C)c2ccccc2S3(=O)=O)n1. The molecule has 2 aromatic carbocycles. The van der Waals surface area contributed by atoms with Gasteiger partial charge in [-0.3, -0.25) is 4.79 Å². The van der Waals surface area contributed by atoms with Crippen molar-refractivity contribution in [1.82, 2.24) is 4.98 Å². The third-order valence-electron chi connectivity index (χ3n) is 7.00. The van der Waals surface area contributed by atoms with E-state index in [-0.39, 0.29) is 33.9 Å². The number of carbonyl (C=O) groups excluding carboxylic acids is 2. The molecule has 0 radical (unpaired) electrons. The van der Waals surface area contributed by atoms with Crippen LogP contribution in [0.2, 0.25) is 0 Å². The van der Waals surface area contributed by atoms with E-state index >= 15 is 0 Å². The Morgan fingerprint density at radius 2 is 1.89 bits per heavy atom. The van der Waals surface area contributed by atoms with E-state index in [9.17, 15) is 18.0 Å². The van der Waals surface area contributed by atoms with Crippen LogP contribution in [0.4, 0.5) is 16.5 Å². The summed E-state index contributed by atoms with van der Waals surface area (Å²) < 4.78 is 37.2. The molecule has 5 rings (SSSR count). The summed E-state index contributed by atoms with van der Waals surface area (Å²) >= 11 is 1.15. The number of ether oxygens (including phenoxy) is 2. The first-order valence-electron chi connectivity index (χ1n) is 12.5. The third-order valence-corrected chi connectivity index (χ3v) is 9.60. The number of hydrogen-bond acceptors (Lipinski definition) is 9. The number of esters is 1. The number of nitrogens with zero attached hydrogens (tertiary/aromatic N) is 2. The Kier molecular flexibility index (Phi) is 7.51. The smallest absolute Gasteiger partial charge is 0.357 e. The molecule has 3 aromatic rings. The predicted molar refractivity (Wildman–Crippen MR) is 144 cm³/mol. The maximum atomic E-state index is 13.6. The minimum atomic E-state index is -3.69. The van der Waals surface area contributed by atoms with Crippen LogP contribution in [0.5, 0.6) is 0 Å². The number of rotatable bonds is 7. The molecule has 1 saturated heterocycles. The molecule has 0 spiro atoms. The number of hydrogen-bond donors (Lipinski definition) is 1. The van der Waals surface area contributed by atoms with Gasteiger partial charge in [-0.05, 0) is 61.9 Å².